The number of hydrogen-bond acceptors (Lipinski definition) is 3. The smallest absolute Gasteiger partial charge is 0.323 e. The van der Waals surface area contributed by atoms with E-state index in [1.807, 2.05) is 13.8 Å². The average Bonchev–Trinajstić information content (AvgIpc) is 2.66. The fourth-order valence-corrected chi connectivity index (χ4v) is 3.50. The molecule has 1 saturated heterocycles. The van der Waals surface area contributed by atoms with Gasteiger partial charge in [0, 0.05) is 18.0 Å². The van der Waals surface area contributed by atoms with E-state index in [9.17, 15) is 9.59 Å². The topological polar surface area (TPSA) is 98.2 Å². The van der Waals surface area contributed by atoms with Gasteiger partial charge in [-0.1, -0.05) is 25.4 Å². The minimum absolute atomic E-state index is 0.108. The van der Waals surface area contributed by atoms with Crippen LogP contribution in [0, 0.1) is 11.8 Å². The summed E-state index contributed by atoms with van der Waals surface area (Å²) < 4.78 is 0. The lowest BCUT2D eigenvalue weighted by Gasteiger charge is -2.42. The molecule has 7 nitrogen and oxygen atoms in total. The molecule has 2 unspecified atom stereocenters. The highest BCUT2D eigenvalue weighted by atomic mass is 16.2. The molecule has 2 fully saturated rings. The van der Waals surface area contributed by atoms with Crippen molar-refractivity contribution in [3.8, 4) is 0 Å². The van der Waals surface area contributed by atoms with Gasteiger partial charge in [0.1, 0.15) is 5.54 Å². The number of rotatable bonds is 4. The maximum Gasteiger partial charge on any atom is 0.325 e. The van der Waals surface area contributed by atoms with E-state index in [1.54, 1.807) is 0 Å². The molecule has 7 heteroatoms. The van der Waals surface area contributed by atoms with Gasteiger partial charge in [-0.25, -0.2) is 4.79 Å². The third-order valence-electron chi connectivity index (χ3n) is 4.69. The van der Waals surface area contributed by atoms with Crippen LogP contribution >= 0.6 is 0 Å². The molecule has 3 amide bonds. The van der Waals surface area contributed by atoms with E-state index in [-0.39, 0.29) is 23.8 Å². The number of imide groups is 1. The zero-order valence-corrected chi connectivity index (χ0v) is 12.0. The molecular formula is C13H21N5O2. The zero-order chi connectivity index (χ0) is 14.8. The Labute approximate surface area is 118 Å². The number of nitrogens with zero attached hydrogens (tertiary/aromatic N) is 4. The van der Waals surface area contributed by atoms with Crippen LogP contribution in [-0.4, -0.2) is 35.5 Å². The minimum Gasteiger partial charge on any atom is -0.323 e. The molecule has 2 aliphatic rings. The van der Waals surface area contributed by atoms with Gasteiger partial charge in [-0.05, 0) is 36.6 Å². The maximum atomic E-state index is 12.7. The van der Waals surface area contributed by atoms with E-state index in [0.717, 1.165) is 19.3 Å². The summed E-state index contributed by atoms with van der Waals surface area (Å²) in [6, 6.07) is -0.309. The summed E-state index contributed by atoms with van der Waals surface area (Å²) in [7, 11) is 0. The number of nitrogens with one attached hydrogen (secondary N) is 1. The lowest BCUT2D eigenvalue weighted by atomic mass is 9.67. The normalized spacial score (nSPS) is 33.2. The Bertz CT molecular complexity index is 448. The SMILES string of the molecule is CC1CCCC(C)C12NC(=O)N(CCCN=[N+]=[N-])C2=O. The summed E-state index contributed by atoms with van der Waals surface area (Å²) in [5.74, 6) is 0.206. The number of amides is 3. The zero-order valence-electron chi connectivity index (χ0n) is 12.0. The fraction of sp³-hybridized carbons (Fsp3) is 0.846. The summed E-state index contributed by atoms with van der Waals surface area (Å²) in [6.07, 6.45) is 3.53. The summed E-state index contributed by atoms with van der Waals surface area (Å²) in [6.45, 7) is 4.69. The Kier molecular flexibility index (Phi) is 4.18. The van der Waals surface area contributed by atoms with E-state index in [0.29, 0.717) is 19.5 Å². The highest BCUT2D eigenvalue weighted by Gasteiger charge is 2.57. The third kappa shape index (κ3) is 2.22. The fourth-order valence-electron chi connectivity index (χ4n) is 3.50. The van der Waals surface area contributed by atoms with Crippen LogP contribution in [0.5, 0.6) is 0 Å². The van der Waals surface area contributed by atoms with Crippen LogP contribution < -0.4 is 5.32 Å². The van der Waals surface area contributed by atoms with Crippen molar-refractivity contribution in [2.45, 2.75) is 45.1 Å². The number of azide groups is 1. The molecule has 20 heavy (non-hydrogen) atoms. The van der Waals surface area contributed by atoms with Crippen LogP contribution in [0.25, 0.3) is 10.4 Å². The molecular weight excluding hydrogens is 258 g/mol. The second-order valence-corrected chi connectivity index (χ2v) is 5.80. The molecule has 1 saturated carbocycles. The summed E-state index contributed by atoms with van der Waals surface area (Å²) >= 11 is 0. The van der Waals surface area contributed by atoms with Crippen LogP contribution in [0.4, 0.5) is 4.79 Å². The van der Waals surface area contributed by atoms with Gasteiger partial charge < -0.3 is 5.32 Å². The van der Waals surface area contributed by atoms with Crippen molar-refractivity contribution in [2.24, 2.45) is 17.0 Å². The predicted molar refractivity (Wildman–Crippen MR) is 73.8 cm³/mol. The molecule has 1 aliphatic carbocycles. The van der Waals surface area contributed by atoms with Crippen molar-refractivity contribution in [2.75, 3.05) is 13.1 Å². The molecule has 110 valence electrons. The quantitative estimate of drug-likeness (QED) is 0.281. The average molecular weight is 279 g/mol. The second kappa shape index (κ2) is 5.71. The van der Waals surface area contributed by atoms with E-state index in [2.05, 4.69) is 15.3 Å². The van der Waals surface area contributed by atoms with Crippen LogP contribution in [-0.2, 0) is 4.79 Å². The monoisotopic (exact) mass is 279 g/mol. The number of carbonyl (C=O) groups is 2. The Morgan fingerprint density at radius 2 is 2.05 bits per heavy atom. The molecule has 2 atom stereocenters. The molecule has 0 bridgehead atoms. The van der Waals surface area contributed by atoms with Crippen molar-refractivity contribution >= 4 is 11.9 Å². The van der Waals surface area contributed by atoms with Crippen LogP contribution in [0.1, 0.15) is 39.5 Å². The van der Waals surface area contributed by atoms with Gasteiger partial charge in [0.05, 0.1) is 0 Å². The lowest BCUT2D eigenvalue weighted by Crippen LogP contribution is -2.58. The summed E-state index contributed by atoms with van der Waals surface area (Å²) in [4.78, 5) is 28.8. The Balaban J connectivity index is 2.12. The van der Waals surface area contributed by atoms with Crippen molar-refractivity contribution in [3.63, 3.8) is 0 Å². The first-order valence-electron chi connectivity index (χ1n) is 7.19. The van der Waals surface area contributed by atoms with Gasteiger partial charge in [-0.3, -0.25) is 9.69 Å². The van der Waals surface area contributed by atoms with Gasteiger partial charge >= 0.3 is 6.03 Å². The molecule has 0 aromatic carbocycles. The largest absolute Gasteiger partial charge is 0.325 e. The first-order valence-corrected chi connectivity index (χ1v) is 7.19. The lowest BCUT2D eigenvalue weighted by molar-refractivity contribution is -0.136. The molecule has 0 radical (unpaired) electrons. The molecule has 1 spiro atoms. The summed E-state index contributed by atoms with van der Waals surface area (Å²) in [5, 5.41) is 6.37. The minimum atomic E-state index is -0.728. The Morgan fingerprint density at radius 1 is 1.40 bits per heavy atom. The Hall–Kier alpha value is -1.75. The van der Waals surface area contributed by atoms with Gasteiger partial charge in [0.2, 0.25) is 0 Å². The first-order chi connectivity index (χ1) is 9.54. The number of urea groups is 1. The van der Waals surface area contributed by atoms with Gasteiger partial charge in [-0.2, -0.15) is 0 Å². The van der Waals surface area contributed by atoms with Gasteiger partial charge in [-0.15, -0.1) is 0 Å². The van der Waals surface area contributed by atoms with Crippen LogP contribution in [0.15, 0.2) is 5.11 Å². The molecule has 0 aromatic rings. The molecule has 2 rings (SSSR count). The van der Waals surface area contributed by atoms with E-state index in [1.165, 1.54) is 4.90 Å². The predicted octanol–water partition coefficient (Wildman–Crippen LogP) is 2.43. The summed E-state index contributed by atoms with van der Waals surface area (Å²) in [5.41, 5.74) is 7.50. The standard InChI is InChI=1S/C13H21N5O2/c1-9-5-3-6-10(2)13(9)11(19)18(12(20)16-13)8-4-7-15-17-14/h9-10H,3-8H2,1-2H3,(H,16,20). The third-order valence-corrected chi connectivity index (χ3v) is 4.69. The van der Waals surface area contributed by atoms with Crippen LogP contribution in [0.3, 0.4) is 0 Å². The van der Waals surface area contributed by atoms with Crippen LogP contribution in [0.2, 0.25) is 0 Å². The van der Waals surface area contributed by atoms with Gasteiger partial charge in [0.25, 0.3) is 5.91 Å². The van der Waals surface area contributed by atoms with Crippen molar-refractivity contribution in [1.29, 1.82) is 0 Å². The van der Waals surface area contributed by atoms with E-state index >= 15 is 0 Å². The number of carbonyl (C=O) groups excluding carboxylic acids is 2. The highest BCUT2D eigenvalue weighted by molar-refractivity contribution is 6.07. The van der Waals surface area contributed by atoms with Gasteiger partial charge in [0.15, 0.2) is 0 Å². The van der Waals surface area contributed by atoms with E-state index < -0.39 is 5.54 Å². The van der Waals surface area contributed by atoms with Crippen molar-refractivity contribution in [3.05, 3.63) is 10.4 Å². The van der Waals surface area contributed by atoms with Crippen molar-refractivity contribution in [1.82, 2.24) is 10.2 Å². The molecule has 1 heterocycles. The molecule has 1 N–H and O–H groups in total. The number of hydrogen-bond donors (Lipinski definition) is 1. The van der Waals surface area contributed by atoms with E-state index in [4.69, 9.17) is 5.53 Å². The highest BCUT2D eigenvalue weighted by Crippen LogP contribution is 2.42. The molecule has 1 aliphatic heterocycles. The molecule has 0 aromatic heterocycles. The first kappa shape index (κ1) is 14.7. The Morgan fingerprint density at radius 3 is 2.65 bits per heavy atom. The second-order valence-electron chi connectivity index (χ2n) is 5.80. The maximum absolute atomic E-state index is 12.7. The van der Waals surface area contributed by atoms with Crippen molar-refractivity contribution < 1.29 is 9.59 Å².